The van der Waals surface area contributed by atoms with Crippen molar-refractivity contribution in [2.24, 2.45) is 5.92 Å². The van der Waals surface area contributed by atoms with E-state index in [4.69, 9.17) is 18.7 Å². The molecule has 3 aromatic rings. The fourth-order valence-electron chi connectivity index (χ4n) is 4.26. The largest absolute Gasteiger partial charge is 0.507 e. The zero-order valence-corrected chi connectivity index (χ0v) is 22.2. The molecule has 200 valence electrons. The van der Waals surface area contributed by atoms with Crippen LogP contribution in [0.5, 0.6) is 17.2 Å². The number of ketones is 1. The van der Waals surface area contributed by atoms with E-state index >= 15 is 0 Å². The van der Waals surface area contributed by atoms with Crippen molar-refractivity contribution >= 4 is 23.3 Å². The number of carbonyl (C=O) groups excluding carboxylic acids is 2. The van der Waals surface area contributed by atoms with Gasteiger partial charge in [0.05, 0.1) is 31.9 Å². The predicted octanol–water partition coefficient (Wildman–Crippen LogP) is 5.44. The number of ether oxygens (including phenoxy) is 3. The zero-order valence-electron chi connectivity index (χ0n) is 22.2. The standard InChI is InChI=1S/C29H32N2O7/c1-6-36-21-10-7-19(8-11-21)27(32)25-26(31(29(34)28(25)33)24-15-18(4)38-30-24)20-9-12-22(23(16-20)35-5)37-14-13-17(2)3/h7-12,15-17,26,32H,6,13-14H2,1-5H3/t26-/m1/s1. The number of methoxy groups -OCH3 is 1. The Morgan fingerprint density at radius 1 is 1.08 bits per heavy atom. The molecular weight excluding hydrogens is 488 g/mol. The number of aromatic nitrogens is 1. The first-order chi connectivity index (χ1) is 18.2. The van der Waals surface area contributed by atoms with Crippen LogP contribution in [-0.4, -0.2) is 42.3 Å². The van der Waals surface area contributed by atoms with Gasteiger partial charge in [-0.25, -0.2) is 0 Å². The summed E-state index contributed by atoms with van der Waals surface area (Å²) in [5, 5.41) is 15.3. The number of hydrogen-bond acceptors (Lipinski definition) is 8. The minimum Gasteiger partial charge on any atom is -0.507 e. The van der Waals surface area contributed by atoms with Gasteiger partial charge in [0.1, 0.15) is 17.3 Å². The van der Waals surface area contributed by atoms with Crippen LogP contribution in [0.2, 0.25) is 0 Å². The van der Waals surface area contributed by atoms with Gasteiger partial charge in [0, 0.05) is 11.6 Å². The molecule has 1 aliphatic heterocycles. The van der Waals surface area contributed by atoms with Crippen LogP contribution in [0.1, 0.15) is 50.1 Å². The number of rotatable bonds is 10. The van der Waals surface area contributed by atoms with Crippen molar-refractivity contribution < 1.29 is 33.4 Å². The summed E-state index contributed by atoms with van der Waals surface area (Å²) in [7, 11) is 1.52. The minimum absolute atomic E-state index is 0.0738. The molecule has 2 aromatic carbocycles. The summed E-state index contributed by atoms with van der Waals surface area (Å²) in [6.07, 6.45) is 0.874. The maximum Gasteiger partial charge on any atom is 0.301 e. The van der Waals surface area contributed by atoms with Crippen molar-refractivity contribution in [3.63, 3.8) is 0 Å². The maximum atomic E-state index is 13.3. The Balaban J connectivity index is 1.82. The van der Waals surface area contributed by atoms with Crippen molar-refractivity contribution in [3.05, 3.63) is 71.0 Å². The van der Waals surface area contributed by atoms with Crippen LogP contribution in [0.15, 0.2) is 58.6 Å². The molecule has 1 aromatic heterocycles. The van der Waals surface area contributed by atoms with Crippen LogP contribution < -0.4 is 19.1 Å². The summed E-state index contributed by atoms with van der Waals surface area (Å²) in [5.41, 5.74) is 0.828. The summed E-state index contributed by atoms with van der Waals surface area (Å²) < 4.78 is 22.2. The van der Waals surface area contributed by atoms with E-state index in [2.05, 4.69) is 19.0 Å². The molecule has 2 heterocycles. The van der Waals surface area contributed by atoms with Crippen LogP contribution >= 0.6 is 0 Å². The number of carbonyl (C=O) groups is 2. The van der Waals surface area contributed by atoms with E-state index in [0.29, 0.717) is 53.3 Å². The van der Waals surface area contributed by atoms with Gasteiger partial charge in [0.15, 0.2) is 17.3 Å². The third-order valence-corrected chi connectivity index (χ3v) is 6.20. The second-order valence-corrected chi connectivity index (χ2v) is 9.36. The molecule has 0 radical (unpaired) electrons. The lowest BCUT2D eigenvalue weighted by atomic mass is 9.95. The second-order valence-electron chi connectivity index (χ2n) is 9.36. The van der Waals surface area contributed by atoms with E-state index in [1.54, 1.807) is 55.5 Å². The van der Waals surface area contributed by atoms with Gasteiger partial charge in [-0.05, 0) is 68.1 Å². The number of hydrogen-bond donors (Lipinski definition) is 1. The fourth-order valence-corrected chi connectivity index (χ4v) is 4.26. The van der Waals surface area contributed by atoms with Crippen LogP contribution in [0, 0.1) is 12.8 Å². The zero-order chi connectivity index (χ0) is 27.4. The second kappa shape index (κ2) is 11.4. The molecule has 1 fully saturated rings. The molecule has 0 bridgehead atoms. The van der Waals surface area contributed by atoms with Gasteiger partial charge in [0.25, 0.3) is 5.78 Å². The van der Waals surface area contributed by atoms with Crippen molar-refractivity contribution in [2.75, 3.05) is 25.2 Å². The third kappa shape index (κ3) is 5.37. The van der Waals surface area contributed by atoms with Crippen LogP contribution in [0.25, 0.3) is 5.76 Å². The average molecular weight is 521 g/mol. The number of anilines is 1. The Morgan fingerprint density at radius 2 is 1.82 bits per heavy atom. The lowest BCUT2D eigenvalue weighted by Gasteiger charge is -2.24. The van der Waals surface area contributed by atoms with Crippen molar-refractivity contribution in [1.82, 2.24) is 5.16 Å². The van der Waals surface area contributed by atoms with Gasteiger partial charge in [-0.2, -0.15) is 0 Å². The smallest absolute Gasteiger partial charge is 0.301 e. The number of nitrogens with zero attached hydrogens (tertiary/aromatic N) is 2. The van der Waals surface area contributed by atoms with Gasteiger partial charge in [0.2, 0.25) is 0 Å². The van der Waals surface area contributed by atoms with Crippen LogP contribution in [-0.2, 0) is 9.59 Å². The first-order valence-electron chi connectivity index (χ1n) is 12.5. The molecule has 0 unspecified atom stereocenters. The van der Waals surface area contributed by atoms with Gasteiger partial charge < -0.3 is 23.8 Å². The molecule has 0 saturated carbocycles. The Labute approximate surface area is 221 Å². The molecule has 9 nitrogen and oxygen atoms in total. The van der Waals surface area contributed by atoms with Crippen LogP contribution in [0.3, 0.4) is 0 Å². The van der Waals surface area contributed by atoms with E-state index in [1.807, 2.05) is 6.92 Å². The molecule has 38 heavy (non-hydrogen) atoms. The fraction of sp³-hybridized carbons (Fsp3) is 0.345. The lowest BCUT2D eigenvalue weighted by Crippen LogP contribution is -2.29. The molecule has 1 amide bonds. The number of amides is 1. The Bertz CT molecular complexity index is 1340. The Hall–Kier alpha value is -4.27. The Kier molecular flexibility index (Phi) is 8.05. The highest BCUT2D eigenvalue weighted by Crippen LogP contribution is 2.44. The highest BCUT2D eigenvalue weighted by Gasteiger charge is 2.48. The number of benzene rings is 2. The Morgan fingerprint density at radius 3 is 2.42 bits per heavy atom. The summed E-state index contributed by atoms with van der Waals surface area (Å²) >= 11 is 0. The number of aryl methyl sites for hydroxylation is 1. The summed E-state index contributed by atoms with van der Waals surface area (Å²) in [6, 6.07) is 12.4. The monoisotopic (exact) mass is 520 g/mol. The molecular formula is C29H32N2O7. The van der Waals surface area contributed by atoms with E-state index in [1.165, 1.54) is 12.0 Å². The molecule has 4 rings (SSSR count). The van der Waals surface area contributed by atoms with Crippen molar-refractivity contribution in [2.45, 2.75) is 40.2 Å². The van der Waals surface area contributed by atoms with E-state index in [0.717, 1.165) is 6.42 Å². The van der Waals surface area contributed by atoms with Crippen molar-refractivity contribution in [1.29, 1.82) is 0 Å². The quantitative estimate of drug-likeness (QED) is 0.214. The normalized spacial score (nSPS) is 16.8. The first-order valence-corrected chi connectivity index (χ1v) is 12.5. The topological polar surface area (TPSA) is 111 Å². The van der Waals surface area contributed by atoms with E-state index < -0.39 is 17.7 Å². The molecule has 0 aliphatic carbocycles. The van der Waals surface area contributed by atoms with Gasteiger partial charge >= 0.3 is 5.91 Å². The SMILES string of the molecule is CCOc1ccc(C(O)=C2C(=O)C(=O)N(c3cc(C)on3)[C@@H]2c2ccc(OCCC(C)C)c(OC)c2)cc1. The van der Waals surface area contributed by atoms with Gasteiger partial charge in [-0.1, -0.05) is 25.1 Å². The lowest BCUT2D eigenvalue weighted by molar-refractivity contribution is -0.132. The molecule has 9 heteroatoms. The minimum atomic E-state index is -0.982. The maximum absolute atomic E-state index is 13.3. The highest BCUT2D eigenvalue weighted by atomic mass is 16.5. The molecule has 1 aliphatic rings. The van der Waals surface area contributed by atoms with E-state index in [9.17, 15) is 14.7 Å². The third-order valence-electron chi connectivity index (χ3n) is 6.20. The average Bonchev–Trinajstić information content (AvgIpc) is 3.44. The predicted molar refractivity (Wildman–Crippen MR) is 142 cm³/mol. The van der Waals surface area contributed by atoms with E-state index in [-0.39, 0.29) is 17.2 Å². The van der Waals surface area contributed by atoms with Gasteiger partial charge in [-0.15, -0.1) is 0 Å². The molecule has 1 N–H and O–H groups in total. The number of aliphatic hydroxyl groups is 1. The molecule has 1 saturated heterocycles. The highest BCUT2D eigenvalue weighted by molar-refractivity contribution is 6.51. The number of aliphatic hydroxyl groups excluding tert-OH is 1. The summed E-state index contributed by atoms with van der Waals surface area (Å²) in [5.74, 6) is 0.744. The van der Waals surface area contributed by atoms with Gasteiger partial charge in [-0.3, -0.25) is 14.5 Å². The number of Topliss-reactive ketones (excluding diaryl/α,β-unsaturated/α-hetero) is 1. The summed E-state index contributed by atoms with van der Waals surface area (Å²) in [4.78, 5) is 27.9. The van der Waals surface area contributed by atoms with Crippen molar-refractivity contribution in [3.8, 4) is 17.2 Å². The summed E-state index contributed by atoms with van der Waals surface area (Å²) in [6.45, 7) is 8.80. The molecule has 1 atom stereocenters. The van der Waals surface area contributed by atoms with Crippen LogP contribution in [0.4, 0.5) is 5.82 Å². The first kappa shape index (κ1) is 26.8. The molecule has 0 spiro atoms.